The van der Waals surface area contributed by atoms with Crippen LogP contribution in [-0.4, -0.2) is 17.6 Å². The average Bonchev–Trinajstić information content (AvgIpc) is 2.83. The maximum atomic E-state index is 11.7. The molecule has 0 aliphatic carbocycles. The molecule has 106 valence electrons. The van der Waals surface area contributed by atoms with Gasteiger partial charge in [0.25, 0.3) is 0 Å². The number of carbonyl (C=O) groups is 1. The highest BCUT2D eigenvalue weighted by Crippen LogP contribution is 2.21. The molecule has 3 N–H and O–H groups in total. The van der Waals surface area contributed by atoms with Gasteiger partial charge in [0.15, 0.2) is 0 Å². The molecule has 0 aliphatic rings. The first-order valence-corrected chi connectivity index (χ1v) is 6.32. The molecule has 0 radical (unpaired) electrons. The zero-order chi connectivity index (χ0) is 14.5. The van der Waals surface area contributed by atoms with Gasteiger partial charge in [-0.25, -0.2) is 9.78 Å². The van der Waals surface area contributed by atoms with Crippen molar-refractivity contribution >= 4 is 17.5 Å². The third-order valence-corrected chi connectivity index (χ3v) is 2.71. The number of pyridine rings is 1. The van der Waals surface area contributed by atoms with Crippen LogP contribution in [0.2, 0.25) is 0 Å². The molecular weight excluding hydrogens is 258 g/mol. The van der Waals surface area contributed by atoms with Crippen molar-refractivity contribution in [1.29, 1.82) is 0 Å². The van der Waals surface area contributed by atoms with Gasteiger partial charge in [0.05, 0.1) is 24.4 Å². The molecule has 2 heterocycles. The fraction of sp³-hybridized carbons (Fsp3) is 0.286. The van der Waals surface area contributed by atoms with Crippen LogP contribution in [0.4, 0.5) is 11.5 Å². The molecule has 0 bridgehead atoms. The first kappa shape index (κ1) is 13.9. The van der Waals surface area contributed by atoms with Crippen molar-refractivity contribution in [2.24, 2.45) is 0 Å². The Bertz CT molecular complexity index is 607. The standard InChI is InChI=1S/C14H17N3O3/c1-3-19-14(18)11-6-7-16-13(12(11)15)17-8-10-5-4-9(2)20-10/h4-7H,3,8,15H2,1-2H3,(H,16,17). The molecule has 6 nitrogen and oxygen atoms in total. The smallest absolute Gasteiger partial charge is 0.340 e. The van der Waals surface area contributed by atoms with Gasteiger partial charge in [-0.3, -0.25) is 0 Å². The summed E-state index contributed by atoms with van der Waals surface area (Å²) in [5.41, 5.74) is 6.51. The summed E-state index contributed by atoms with van der Waals surface area (Å²) in [6.07, 6.45) is 1.51. The van der Waals surface area contributed by atoms with Crippen LogP contribution in [0.5, 0.6) is 0 Å². The van der Waals surface area contributed by atoms with Crippen molar-refractivity contribution in [3.8, 4) is 0 Å². The van der Waals surface area contributed by atoms with Crippen LogP contribution in [0.1, 0.15) is 28.8 Å². The lowest BCUT2D eigenvalue weighted by molar-refractivity contribution is 0.0527. The maximum absolute atomic E-state index is 11.7. The van der Waals surface area contributed by atoms with Gasteiger partial charge in [0.2, 0.25) is 0 Å². The largest absolute Gasteiger partial charge is 0.465 e. The van der Waals surface area contributed by atoms with Crippen LogP contribution in [0.15, 0.2) is 28.8 Å². The number of nitrogen functional groups attached to an aromatic ring is 1. The van der Waals surface area contributed by atoms with Gasteiger partial charge >= 0.3 is 5.97 Å². The molecular formula is C14H17N3O3. The summed E-state index contributed by atoms with van der Waals surface area (Å²) in [5.74, 6) is 1.59. The number of hydrogen-bond acceptors (Lipinski definition) is 6. The summed E-state index contributed by atoms with van der Waals surface area (Å²) in [6, 6.07) is 5.28. The second-order valence-corrected chi connectivity index (χ2v) is 4.21. The number of hydrogen-bond donors (Lipinski definition) is 2. The van der Waals surface area contributed by atoms with Gasteiger partial charge in [0, 0.05) is 6.20 Å². The maximum Gasteiger partial charge on any atom is 0.340 e. The number of nitrogens with two attached hydrogens (primary N) is 1. The second kappa shape index (κ2) is 6.10. The van der Waals surface area contributed by atoms with Gasteiger partial charge in [-0.2, -0.15) is 0 Å². The predicted molar refractivity (Wildman–Crippen MR) is 75.4 cm³/mol. The number of ether oxygens (including phenoxy) is 1. The van der Waals surface area contributed by atoms with Crippen molar-refractivity contribution < 1.29 is 13.9 Å². The number of nitrogens with one attached hydrogen (secondary N) is 1. The number of aryl methyl sites for hydroxylation is 1. The lowest BCUT2D eigenvalue weighted by atomic mass is 10.2. The topological polar surface area (TPSA) is 90.4 Å². The summed E-state index contributed by atoms with van der Waals surface area (Å²) in [6.45, 7) is 4.36. The predicted octanol–water partition coefficient (Wildman–Crippen LogP) is 2.35. The van der Waals surface area contributed by atoms with Gasteiger partial charge in [0.1, 0.15) is 17.3 Å². The number of rotatable bonds is 5. The van der Waals surface area contributed by atoms with E-state index < -0.39 is 5.97 Å². The Hall–Kier alpha value is -2.50. The van der Waals surface area contributed by atoms with Crippen molar-refractivity contribution in [3.05, 3.63) is 41.5 Å². The molecule has 0 aliphatic heterocycles. The average molecular weight is 275 g/mol. The van der Waals surface area contributed by atoms with E-state index >= 15 is 0 Å². The molecule has 0 saturated heterocycles. The number of carbonyl (C=O) groups excluding carboxylic acids is 1. The summed E-state index contributed by atoms with van der Waals surface area (Å²) in [4.78, 5) is 15.8. The molecule has 0 spiro atoms. The highest BCUT2D eigenvalue weighted by atomic mass is 16.5. The minimum Gasteiger partial charge on any atom is -0.465 e. The highest BCUT2D eigenvalue weighted by molar-refractivity contribution is 5.97. The minimum atomic E-state index is -0.454. The number of anilines is 2. The van der Waals surface area contributed by atoms with Gasteiger partial charge in [-0.05, 0) is 32.0 Å². The molecule has 0 saturated carbocycles. The Morgan fingerprint density at radius 3 is 2.90 bits per heavy atom. The van der Waals surface area contributed by atoms with E-state index in [2.05, 4.69) is 10.3 Å². The Morgan fingerprint density at radius 1 is 1.45 bits per heavy atom. The molecule has 2 rings (SSSR count). The molecule has 0 aromatic carbocycles. The SMILES string of the molecule is CCOC(=O)c1ccnc(NCc2ccc(C)o2)c1N. The Labute approximate surface area is 116 Å². The van der Waals surface area contributed by atoms with E-state index in [1.165, 1.54) is 12.3 Å². The Kier molecular flexibility index (Phi) is 4.24. The molecule has 6 heteroatoms. The van der Waals surface area contributed by atoms with E-state index in [4.69, 9.17) is 14.9 Å². The third-order valence-electron chi connectivity index (χ3n) is 2.71. The molecule has 0 fully saturated rings. The third kappa shape index (κ3) is 3.09. The zero-order valence-electron chi connectivity index (χ0n) is 11.5. The van der Waals surface area contributed by atoms with Crippen molar-refractivity contribution in [3.63, 3.8) is 0 Å². The molecule has 20 heavy (non-hydrogen) atoms. The van der Waals surface area contributed by atoms with Crippen molar-refractivity contribution in [1.82, 2.24) is 4.98 Å². The van der Waals surface area contributed by atoms with Gasteiger partial charge in [-0.15, -0.1) is 0 Å². The molecule has 0 amide bonds. The van der Waals surface area contributed by atoms with E-state index in [-0.39, 0.29) is 5.69 Å². The molecule has 2 aromatic rings. The Balaban J connectivity index is 2.12. The van der Waals surface area contributed by atoms with E-state index in [9.17, 15) is 4.79 Å². The van der Waals surface area contributed by atoms with Crippen LogP contribution in [-0.2, 0) is 11.3 Å². The van der Waals surface area contributed by atoms with Crippen LogP contribution in [0.3, 0.4) is 0 Å². The fourth-order valence-electron chi connectivity index (χ4n) is 1.75. The highest BCUT2D eigenvalue weighted by Gasteiger charge is 2.14. The lowest BCUT2D eigenvalue weighted by Gasteiger charge is -2.10. The minimum absolute atomic E-state index is 0.272. The number of nitrogens with zero attached hydrogens (tertiary/aromatic N) is 1. The van der Waals surface area contributed by atoms with Crippen LogP contribution in [0.25, 0.3) is 0 Å². The van der Waals surface area contributed by atoms with Crippen molar-refractivity contribution in [2.45, 2.75) is 20.4 Å². The fourth-order valence-corrected chi connectivity index (χ4v) is 1.75. The first-order valence-electron chi connectivity index (χ1n) is 6.32. The van der Waals surface area contributed by atoms with E-state index in [1.807, 2.05) is 19.1 Å². The first-order chi connectivity index (χ1) is 9.61. The molecule has 2 aromatic heterocycles. The summed E-state index contributed by atoms with van der Waals surface area (Å²) >= 11 is 0. The quantitative estimate of drug-likeness (QED) is 0.814. The lowest BCUT2D eigenvalue weighted by Crippen LogP contribution is -2.11. The number of esters is 1. The van der Waals surface area contributed by atoms with Crippen molar-refractivity contribution in [2.75, 3.05) is 17.7 Å². The number of aromatic nitrogens is 1. The van der Waals surface area contributed by atoms with E-state index in [1.54, 1.807) is 6.92 Å². The summed E-state index contributed by atoms with van der Waals surface area (Å²) in [7, 11) is 0. The molecule has 0 unspecified atom stereocenters. The second-order valence-electron chi connectivity index (χ2n) is 4.21. The monoisotopic (exact) mass is 275 g/mol. The van der Waals surface area contributed by atoms with Crippen LogP contribution in [0, 0.1) is 6.92 Å². The van der Waals surface area contributed by atoms with E-state index in [0.29, 0.717) is 24.5 Å². The Morgan fingerprint density at radius 2 is 2.25 bits per heavy atom. The van der Waals surface area contributed by atoms with Gasteiger partial charge < -0.3 is 20.2 Å². The summed E-state index contributed by atoms with van der Waals surface area (Å²) in [5, 5.41) is 3.04. The zero-order valence-corrected chi connectivity index (χ0v) is 11.5. The summed E-state index contributed by atoms with van der Waals surface area (Å²) < 4.78 is 10.4. The van der Waals surface area contributed by atoms with Gasteiger partial charge in [-0.1, -0.05) is 0 Å². The van der Waals surface area contributed by atoms with E-state index in [0.717, 1.165) is 11.5 Å². The number of furan rings is 1. The van der Waals surface area contributed by atoms with Crippen LogP contribution >= 0.6 is 0 Å². The normalized spacial score (nSPS) is 10.3. The van der Waals surface area contributed by atoms with Crippen LogP contribution < -0.4 is 11.1 Å². The molecule has 0 atom stereocenters.